The molecule has 0 fully saturated rings. The molecule has 0 spiro atoms. The Labute approximate surface area is 166 Å². The third-order valence-electron chi connectivity index (χ3n) is 3.73. The van der Waals surface area contributed by atoms with Crippen LogP contribution in [0.15, 0.2) is 47.0 Å². The van der Waals surface area contributed by atoms with Gasteiger partial charge in [-0.1, -0.05) is 22.8 Å². The molecule has 0 unspecified atom stereocenters. The first-order chi connectivity index (χ1) is 13.4. The van der Waals surface area contributed by atoms with Crippen LogP contribution in [-0.4, -0.2) is 25.2 Å². The number of halogens is 2. The van der Waals surface area contributed by atoms with Crippen LogP contribution in [0.25, 0.3) is 11.4 Å². The predicted molar refractivity (Wildman–Crippen MR) is 102 cm³/mol. The maximum atomic E-state index is 13.8. The summed E-state index contributed by atoms with van der Waals surface area (Å²) in [4.78, 5) is 4.16. The molecule has 2 aromatic carbocycles. The van der Waals surface area contributed by atoms with Crippen molar-refractivity contribution >= 4 is 21.6 Å². The lowest BCUT2D eigenvalue weighted by molar-refractivity contribution is 0.340. The maximum Gasteiger partial charge on any atom is 0.242 e. The highest BCUT2D eigenvalue weighted by Crippen LogP contribution is 2.22. The molecule has 0 atom stereocenters. The van der Waals surface area contributed by atoms with E-state index < -0.39 is 21.6 Å². The average Bonchev–Trinajstić information content (AvgIpc) is 3.13. The van der Waals surface area contributed by atoms with Gasteiger partial charge in [0.2, 0.25) is 21.7 Å². The molecule has 28 heavy (non-hydrogen) atoms. The Morgan fingerprint density at radius 3 is 2.64 bits per heavy atom. The fourth-order valence-electron chi connectivity index (χ4n) is 2.39. The quantitative estimate of drug-likeness (QED) is 0.593. The number of aromatic nitrogens is 2. The first kappa shape index (κ1) is 20.2. The van der Waals surface area contributed by atoms with E-state index in [1.807, 2.05) is 6.92 Å². The van der Waals surface area contributed by atoms with E-state index in [4.69, 9.17) is 20.9 Å². The molecule has 0 amide bonds. The summed E-state index contributed by atoms with van der Waals surface area (Å²) in [5.41, 5.74) is 0.594. The molecule has 1 N–H and O–H groups in total. The second-order valence-electron chi connectivity index (χ2n) is 5.75. The molecule has 0 saturated carbocycles. The van der Waals surface area contributed by atoms with Gasteiger partial charge in [0, 0.05) is 16.1 Å². The molecule has 0 aliphatic rings. The molecule has 0 saturated heterocycles. The second kappa shape index (κ2) is 8.68. The summed E-state index contributed by atoms with van der Waals surface area (Å²) in [5, 5.41) is 3.87. The van der Waals surface area contributed by atoms with Gasteiger partial charge in [-0.2, -0.15) is 4.98 Å². The molecule has 0 aliphatic carbocycles. The lowest BCUT2D eigenvalue weighted by Gasteiger charge is -2.07. The van der Waals surface area contributed by atoms with Gasteiger partial charge in [0.15, 0.2) is 0 Å². The van der Waals surface area contributed by atoms with Crippen LogP contribution in [0.1, 0.15) is 18.4 Å². The summed E-state index contributed by atoms with van der Waals surface area (Å²) >= 11 is 5.87. The maximum absolute atomic E-state index is 13.8. The van der Waals surface area contributed by atoms with E-state index in [0.29, 0.717) is 18.0 Å². The number of rotatable bonds is 8. The molecule has 0 radical (unpaired) electrons. The molecule has 3 aromatic rings. The zero-order valence-electron chi connectivity index (χ0n) is 14.9. The number of hydrogen-bond donors (Lipinski definition) is 1. The molecule has 10 heteroatoms. The van der Waals surface area contributed by atoms with Crippen LogP contribution in [0.5, 0.6) is 5.75 Å². The summed E-state index contributed by atoms with van der Waals surface area (Å²) in [6.45, 7) is 2.23. The molecule has 1 aromatic heterocycles. The van der Waals surface area contributed by atoms with Crippen molar-refractivity contribution in [3.05, 3.63) is 64.8 Å². The van der Waals surface area contributed by atoms with Crippen LogP contribution in [0.3, 0.4) is 0 Å². The molecular formula is C18H17ClFN3O4S. The van der Waals surface area contributed by atoms with Crippen LogP contribution >= 0.6 is 11.6 Å². The monoisotopic (exact) mass is 425 g/mol. The summed E-state index contributed by atoms with van der Waals surface area (Å²) in [7, 11) is -3.86. The van der Waals surface area contributed by atoms with Gasteiger partial charge in [0.05, 0.1) is 18.9 Å². The van der Waals surface area contributed by atoms with Crippen molar-refractivity contribution in [2.24, 2.45) is 0 Å². The minimum Gasteiger partial charge on any atom is -0.494 e. The van der Waals surface area contributed by atoms with E-state index in [1.165, 1.54) is 12.1 Å². The highest BCUT2D eigenvalue weighted by Gasteiger charge is 2.18. The minimum absolute atomic E-state index is 0.0425. The normalized spacial score (nSPS) is 11.5. The third kappa shape index (κ3) is 5.06. The Bertz CT molecular complexity index is 1030. The lowest BCUT2D eigenvalue weighted by Crippen LogP contribution is -2.25. The number of nitrogens with zero attached hydrogens (tertiary/aromatic N) is 2. The van der Waals surface area contributed by atoms with Crippen molar-refractivity contribution in [1.29, 1.82) is 0 Å². The third-order valence-corrected chi connectivity index (χ3v) is 5.34. The fourth-order valence-corrected chi connectivity index (χ4v) is 3.82. The van der Waals surface area contributed by atoms with E-state index in [-0.39, 0.29) is 23.0 Å². The number of benzene rings is 2. The van der Waals surface area contributed by atoms with Crippen molar-refractivity contribution in [3.8, 4) is 17.1 Å². The highest BCUT2D eigenvalue weighted by atomic mass is 35.5. The number of hydrogen-bond acceptors (Lipinski definition) is 6. The number of ether oxygens (including phenoxy) is 1. The van der Waals surface area contributed by atoms with Gasteiger partial charge in [-0.3, -0.25) is 0 Å². The topological polar surface area (TPSA) is 94.3 Å². The molecule has 148 valence electrons. The van der Waals surface area contributed by atoms with Crippen LogP contribution in [0.4, 0.5) is 4.39 Å². The Morgan fingerprint density at radius 2 is 1.96 bits per heavy atom. The minimum atomic E-state index is -3.86. The van der Waals surface area contributed by atoms with Crippen molar-refractivity contribution in [2.45, 2.75) is 19.2 Å². The Hall–Kier alpha value is -2.49. The summed E-state index contributed by atoms with van der Waals surface area (Å²) in [6.07, 6.45) is 0. The Balaban J connectivity index is 1.65. The van der Waals surface area contributed by atoms with Crippen LogP contribution in [-0.2, 0) is 22.3 Å². The summed E-state index contributed by atoms with van der Waals surface area (Å²) in [5.74, 6) is -0.178. The first-order valence-electron chi connectivity index (χ1n) is 8.34. The van der Waals surface area contributed by atoms with Gasteiger partial charge in [-0.15, -0.1) is 0 Å². The van der Waals surface area contributed by atoms with Gasteiger partial charge in [0.25, 0.3) is 0 Å². The van der Waals surface area contributed by atoms with Crippen LogP contribution in [0, 0.1) is 5.82 Å². The number of sulfonamides is 1. The molecule has 1 heterocycles. The standard InChI is InChI=1S/C18H17ClFN3O4S/c1-2-26-13-8-6-12(7-9-13)18-22-17(27-23-18)10-21-28(24,25)11-14-15(19)4-3-5-16(14)20/h3-9,21H,2,10-11H2,1H3. The van der Waals surface area contributed by atoms with Gasteiger partial charge in [-0.25, -0.2) is 17.5 Å². The molecule has 0 bridgehead atoms. The van der Waals surface area contributed by atoms with E-state index in [0.717, 1.165) is 11.8 Å². The average molecular weight is 426 g/mol. The van der Waals surface area contributed by atoms with E-state index in [1.54, 1.807) is 24.3 Å². The van der Waals surface area contributed by atoms with Crippen molar-refractivity contribution in [3.63, 3.8) is 0 Å². The van der Waals surface area contributed by atoms with Gasteiger partial charge >= 0.3 is 0 Å². The zero-order valence-corrected chi connectivity index (χ0v) is 16.4. The highest BCUT2D eigenvalue weighted by molar-refractivity contribution is 7.88. The fraction of sp³-hybridized carbons (Fsp3) is 0.222. The van der Waals surface area contributed by atoms with Crippen LogP contribution < -0.4 is 9.46 Å². The summed E-state index contributed by atoms with van der Waals surface area (Å²) < 4.78 is 50.9. The molecule has 7 nitrogen and oxygen atoms in total. The van der Waals surface area contributed by atoms with E-state index in [9.17, 15) is 12.8 Å². The van der Waals surface area contributed by atoms with Crippen molar-refractivity contribution in [1.82, 2.24) is 14.9 Å². The van der Waals surface area contributed by atoms with Crippen molar-refractivity contribution in [2.75, 3.05) is 6.61 Å². The predicted octanol–water partition coefficient (Wildman–Crippen LogP) is 3.55. The number of nitrogens with one attached hydrogen (secondary N) is 1. The molecule has 3 rings (SSSR count). The van der Waals surface area contributed by atoms with Crippen LogP contribution in [0.2, 0.25) is 5.02 Å². The smallest absolute Gasteiger partial charge is 0.242 e. The largest absolute Gasteiger partial charge is 0.494 e. The van der Waals surface area contributed by atoms with Gasteiger partial charge < -0.3 is 9.26 Å². The van der Waals surface area contributed by atoms with E-state index >= 15 is 0 Å². The van der Waals surface area contributed by atoms with E-state index in [2.05, 4.69) is 14.9 Å². The van der Waals surface area contributed by atoms with Crippen molar-refractivity contribution < 1.29 is 22.1 Å². The Morgan fingerprint density at radius 1 is 1.21 bits per heavy atom. The zero-order chi connectivity index (χ0) is 20.1. The summed E-state index contributed by atoms with van der Waals surface area (Å²) in [6, 6.07) is 11.1. The first-order valence-corrected chi connectivity index (χ1v) is 10.4. The molecule has 0 aliphatic heterocycles. The SMILES string of the molecule is CCOc1ccc(-c2noc(CNS(=O)(=O)Cc3c(F)cccc3Cl)n2)cc1. The van der Waals surface area contributed by atoms with Gasteiger partial charge in [0.1, 0.15) is 11.6 Å². The molecular weight excluding hydrogens is 409 g/mol. The van der Waals surface area contributed by atoms with Gasteiger partial charge in [-0.05, 0) is 43.3 Å². The second-order valence-corrected chi connectivity index (χ2v) is 7.96. The lowest BCUT2D eigenvalue weighted by atomic mass is 10.2. The Kier molecular flexibility index (Phi) is 6.28.